The van der Waals surface area contributed by atoms with Gasteiger partial charge in [0.25, 0.3) is 0 Å². The topological polar surface area (TPSA) is 57.2 Å². The molecule has 2 aliphatic heterocycles. The van der Waals surface area contributed by atoms with Gasteiger partial charge in [0.15, 0.2) is 12.6 Å². The number of rotatable bonds is 2. The van der Waals surface area contributed by atoms with E-state index in [1.54, 1.807) is 7.11 Å². The summed E-state index contributed by atoms with van der Waals surface area (Å²) in [6.07, 6.45) is -1.67. The normalized spacial score (nSPS) is 38.7. The molecule has 0 spiro atoms. The molecule has 1 aromatic carbocycles. The first-order chi connectivity index (χ1) is 9.28. The van der Waals surface area contributed by atoms with Crippen molar-refractivity contribution in [1.29, 1.82) is 0 Å². The molecule has 1 N–H and O–H groups in total. The second-order valence-electron chi connectivity index (χ2n) is 4.82. The van der Waals surface area contributed by atoms with Gasteiger partial charge in [0, 0.05) is 19.1 Å². The van der Waals surface area contributed by atoms with Crippen molar-refractivity contribution in [2.45, 2.75) is 37.3 Å². The van der Waals surface area contributed by atoms with Gasteiger partial charge in [-0.15, -0.1) is 0 Å². The Morgan fingerprint density at radius 1 is 1.21 bits per heavy atom. The van der Waals surface area contributed by atoms with Gasteiger partial charge in [0.2, 0.25) is 0 Å². The van der Waals surface area contributed by atoms with Gasteiger partial charge in [-0.2, -0.15) is 0 Å². The lowest BCUT2D eigenvalue weighted by atomic mass is 10.0. The number of methoxy groups -OCH3 is 1. The average Bonchev–Trinajstić information content (AvgIpc) is 2.47. The smallest absolute Gasteiger partial charge is 0.184 e. The monoisotopic (exact) mass is 266 g/mol. The third-order valence-corrected chi connectivity index (χ3v) is 3.53. The summed E-state index contributed by atoms with van der Waals surface area (Å²) >= 11 is 0. The molecule has 0 aliphatic carbocycles. The Kier molecular flexibility index (Phi) is 3.81. The molecule has 104 valence electrons. The molecule has 2 heterocycles. The molecule has 3 rings (SSSR count). The van der Waals surface area contributed by atoms with Crippen LogP contribution in [0.25, 0.3) is 0 Å². The van der Waals surface area contributed by atoms with E-state index in [0.29, 0.717) is 13.0 Å². The number of aliphatic hydroxyl groups is 1. The van der Waals surface area contributed by atoms with Gasteiger partial charge in [-0.05, 0) is 0 Å². The minimum absolute atomic E-state index is 0.284. The minimum atomic E-state index is -0.598. The van der Waals surface area contributed by atoms with E-state index in [1.807, 2.05) is 30.3 Å². The highest BCUT2D eigenvalue weighted by molar-refractivity contribution is 5.16. The quantitative estimate of drug-likeness (QED) is 0.872. The number of ether oxygens (including phenoxy) is 4. The van der Waals surface area contributed by atoms with E-state index < -0.39 is 18.7 Å². The lowest BCUT2D eigenvalue weighted by Gasteiger charge is -2.43. The Morgan fingerprint density at radius 3 is 2.74 bits per heavy atom. The number of fused-ring (bicyclic) bond motifs is 1. The fourth-order valence-corrected chi connectivity index (χ4v) is 2.52. The lowest BCUT2D eigenvalue weighted by molar-refractivity contribution is -0.334. The van der Waals surface area contributed by atoms with Crippen molar-refractivity contribution < 1.29 is 24.1 Å². The predicted octanol–water partition coefficient (Wildman–Crippen LogP) is 1.22. The number of aliphatic hydroxyl groups excluding tert-OH is 1. The zero-order valence-electron chi connectivity index (χ0n) is 10.8. The first kappa shape index (κ1) is 13.0. The van der Waals surface area contributed by atoms with Crippen LogP contribution in [0.15, 0.2) is 30.3 Å². The Morgan fingerprint density at radius 2 is 2.00 bits per heavy atom. The van der Waals surface area contributed by atoms with E-state index >= 15 is 0 Å². The molecule has 2 fully saturated rings. The molecule has 19 heavy (non-hydrogen) atoms. The first-order valence-electron chi connectivity index (χ1n) is 6.46. The summed E-state index contributed by atoms with van der Waals surface area (Å²) in [5, 5.41) is 10.1. The van der Waals surface area contributed by atoms with E-state index in [0.717, 1.165) is 5.56 Å². The molecule has 5 atom stereocenters. The fraction of sp³-hybridized carbons (Fsp3) is 0.571. The van der Waals surface area contributed by atoms with Crippen LogP contribution in [0.4, 0.5) is 0 Å². The Balaban J connectivity index is 1.70. The highest BCUT2D eigenvalue weighted by Gasteiger charge is 2.43. The zero-order chi connectivity index (χ0) is 13.2. The van der Waals surface area contributed by atoms with Crippen LogP contribution in [-0.2, 0) is 18.9 Å². The average molecular weight is 266 g/mol. The fourth-order valence-electron chi connectivity index (χ4n) is 2.52. The molecule has 0 bridgehead atoms. The van der Waals surface area contributed by atoms with Crippen molar-refractivity contribution in [1.82, 2.24) is 0 Å². The highest BCUT2D eigenvalue weighted by Crippen LogP contribution is 2.33. The molecule has 0 saturated carbocycles. The van der Waals surface area contributed by atoms with E-state index in [2.05, 4.69) is 0 Å². The van der Waals surface area contributed by atoms with Crippen molar-refractivity contribution in [3.63, 3.8) is 0 Å². The van der Waals surface area contributed by atoms with Crippen LogP contribution >= 0.6 is 0 Å². The molecule has 0 amide bonds. The van der Waals surface area contributed by atoms with Gasteiger partial charge >= 0.3 is 0 Å². The summed E-state index contributed by atoms with van der Waals surface area (Å²) in [6, 6.07) is 9.70. The maximum absolute atomic E-state index is 10.1. The van der Waals surface area contributed by atoms with E-state index in [-0.39, 0.29) is 12.2 Å². The summed E-state index contributed by atoms with van der Waals surface area (Å²) in [5.41, 5.74) is 0.946. The largest absolute Gasteiger partial charge is 0.390 e. The summed E-state index contributed by atoms with van der Waals surface area (Å²) in [4.78, 5) is 0. The van der Waals surface area contributed by atoms with Gasteiger partial charge in [-0.3, -0.25) is 0 Å². The lowest BCUT2D eigenvalue weighted by Crippen LogP contribution is -2.55. The second-order valence-corrected chi connectivity index (χ2v) is 4.82. The van der Waals surface area contributed by atoms with Crippen LogP contribution in [0.3, 0.4) is 0 Å². The Labute approximate surface area is 112 Å². The molecule has 1 aromatic rings. The van der Waals surface area contributed by atoms with Gasteiger partial charge in [0.1, 0.15) is 12.2 Å². The van der Waals surface area contributed by atoms with Gasteiger partial charge in [-0.1, -0.05) is 30.3 Å². The zero-order valence-corrected chi connectivity index (χ0v) is 10.8. The van der Waals surface area contributed by atoms with Gasteiger partial charge < -0.3 is 24.1 Å². The van der Waals surface area contributed by atoms with Crippen molar-refractivity contribution in [2.75, 3.05) is 13.7 Å². The molecule has 1 unspecified atom stereocenters. The maximum atomic E-state index is 10.1. The van der Waals surface area contributed by atoms with Crippen molar-refractivity contribution in [2.24, 2.45) is 0 Å². The summed E-state index contributed by atoms with van der Waals surface area (Å²) in [6.45, 7) is 0.390. The molecule has 5 heteroatoms. The minimum Gasteiger partial charge on any atom is -0.390 e. The van der Waals surface area contributed by atoms with Crippen LogP contribution in [0.5, 0.6) is 0 Å². The summed E-state index contributed by atoms with van der Waals surface area (Å²) in [5.74, 6) is 0. The van der Waals surface area contributed by atoms with Gasteiger partial charge in [0.05, 0.1) is 12.7 Å². The van der Waals surface area contributed by atoms with E-state index in [9.17, 15) is 5.11 Å². The van der Waals surface area contributed by atoms with E-state index in [1.165, 1.54) is 0 Å². The first-order valence-corrected chi connectivity index (χ1v) is 6.46. The number of hydrogen-bond acceptors (Lipinski definition) is 5. The number of hydrogen-bond donors (Lipinski definition) is 1. The standard InChI is InChI=1S/C14H18O5/c1-16-12-7-10(15)13-11(18-12)8-17-14(19-13)9-5-3-2-4-6-9/h2-6,10-15H,7-8H2,1H3/t10-,11-,12-,13-,14?/m1/s1. The van der Waals surface area contributed by atoms with Crippen molar-refractivity contribution >= 4 is 0 Å². The van der Waals surface area contributed by atoms with Gasteiger partial charge in [-0.25, -0.2) is 0 Å². The molecular weight excluding hydrogens is 248 g/mol. The van der Waals surface area contributed by atoms with Crippen LogP contribution in [0.1, 0.15) is 18.3 Å². The molecule has 2 aliphatic rings. The maximum Gasteiger partial charge on any atom is 0.184 e. The molecule has 5 nitrogen and oxygen atoms in total. The molecular formula is C14H18O5. The SMILES string of the molecule is CO[C@H]1C[C@@H](O)[C@H]2OC(c3ccccc3)OC[C@H]2O1. The Hall–Kier alpha value is -0.980. The van der Waals surface area contributed by atoms with Crippen LogP contribution in [0, 0.1) is 0 Å². The molecule has 2 saturated heterocycles. The van der Waals surface area contributed by atoms with Crippen molar-refractivity contribution in [3.05, 3.63) is 35.9 Å². The highest BCUT2D eigenvalue weighted by atomic mass is 16.7. The molecule has 0 aromatic heterocycles. The van der Waals surface area contributed by atoms with E-state index in [4.69, 9.17) is 18.9 Å². The third-order valence-electron chi connectivity index (χ3n) is 3.53. The van der Waals surface area contributed by atoms with Crippen LogP contribution < -0.4 is 0 Å². The Bertz CT molecular complexity index is 410. The predicted molar refractivity (Wildman–Crippen MR) is 66.3 cm³/mol. The third kappa shape index (κ3) is 2.66. The van der Waals surface area contributed by atoms with Crippen molar-refractivity contribution in [3.8, 4) is 0 Å². The second kappa shape index (κ2) is 5.56. The summed E-state index contributed by atoms with van der Waals surface area (Å²) < 4.78 is 22.3. The number of benzene rings is 1. The van der Waals surface area contributed by atoms with Crippen LogP contribution in [-0.4, -0.2) is 43.4 Å². The molecule has 0 radical (unpaired) electrons. The van der Waals surface area contributed by atoms with Crippen LogP contribution in [0.2, 0.25) is 0 Å². The summed E-state index contributed by atoms with van der Waals surface area (Å²) in [7, 11) is 1.56.